The van der Waals surface area contributed by atoms with E-state index in [0.29, 0.717) is 17.6 Å². The van der Waals surface area contributed by atoms with E-state index in [1.165, 1.54) is 6.07 Å². The molecule has 6 nitrogen and oxygen atoms in total. The van der Waals surface area contributed by atoms with Gasteiger partial charge in [0.25, 0.3) is 5.89 Å². The van der Waals surface area contributed by atoms with Crippen LogP contribution >= 0.6 is 0 Å². The van der Waals surface area contributed by atoms with Crippen LogP contribution in [0.5, 0.6) is 5.75 Å². The SMILES string of the molecule is CC(C)Cc1noc(COc2ccccc2C(=O)O)n1. The lowest BCUT2D eigenvalue weighted by Gasteiger charge is -2.06. The van der Waals surface area contributed by atoms with Crippen molar-refractivity contribution in [1.29, 1.82) is 0 Å². The largest absolute Gasteiger partial charge is 0.483 e. The highest BCUT2D eigenvalue weighted by Crippen LogP contribution is 2.19. The average molecular weight is 276 g/mol. The van der Waals surface area contributed by atoms with Crippen molar-refractivity contribution in [2.75, 3.05) is 0 Å². The van der Waals surface area contributed by atoms with Crippen LogP contribution in [0, 0.1) is 5.92 Å². The van der Waals surface area contributed by atoms with Crippen LogP contribution in [0.4, 0.5) is 0 Å². The molecule has 0 aliphatic carbocycles. The minimum Gasteiger partial charge on any atom is -0.483 e. The Bertz CT molecular complexity index is 592. The molecule has 1 aromatic heterocycles. The van der Waals surface area contributed by atoms with E-state index in [0.717, 1.165) is 6.42 Å². The molecule has 106 valence electrons. The number of carboxylic acids is 1. The summed E-state index contributed by atoms with van der Waals surface area (Å²) in [5.41, 5.74) is 0.106. The molecule has 20 heavy (non-hydrogen) atoms. The molecule has 0 spiro atoms. The molecular formula is C14H16N2O4. The Morgan fingerprint density at radius 2 is 2.15 bits per heavy atom. The standard InChI is InChI=1S/C14H16N2O4/c1-9(2)7-12-15-13(20-16-12)8-19-11-6-4-3-5-10(11)14(17)18/h3-6,9H,7-8H2,1-2H3,(H,17,18). The smallest absolute Gasteiger partial charge is 0.339 e. The van der Waals surface area contributed by atoms with Crippen LogP contribution in [0.3, 0.4) is 0 Å². The highest BCUT2D eigenvalue weighted by molar-refractivity contribution is 5.90. The Balaban J connectivity index is 2.02. The normalized spacial score (nSPS) is 10.8. The van der Waals surface area contributed by atoms with Gasteiger partial charge in [-0.15, -0.1) is 0 Å². The molecule has 2 rings (SSSR count). The average Bonchev–Trinajstić information content (AvgIpc) is 2.83. The van der Waals surface area contributed by atoms with Crippen molar-refractivity contribution in [2.24, 2.45) is 5.92 Å². The number of benzene rings is 1. The molecule has 1 aromatic carbocycles. The summed E-state index contributed by atoms with van der Waals surface area (Å²) in [5, 5.41) is 12.9. The molecule has 0 aliphatic rings. The molecule has 0 unspecified atom stereocenters. The van der Waals surface area contributed by atoms with Crippen molar-refractivity contribution in [2.45, 2.75) is 26.9 Å². The number of nitrogens with zero attached hydrogens (tertiary/aromatic N) is 2. The zero-order chi connectivity index (χ0) is 14.5. The van der Waals surface area contributed by atoms with Crippen molar-refractivity contribution < 1.29 is 19.2 Å². The van der Waals surface area contributed by atoms with Gasteiger partial charge < -0.3 is 14.4 Å². The maximum absolute atomic E-state index is 11.0. The zero-order valence-electron chi connectivity index (χ0n) is 11.4. The number of carbonyl (C=O) groups is 1. The lowest BCUT2D eigenvalue weighted by Crippen LogP contribution is -2.03. The Morgan fingerprint density at radius 1 is 1.40 bits per heavy atom. The van der Waals surface area contributed by atoms with Gasteiger partial charge in [-0.1, -0.05) is 31.1 Å². The first-order chi connectivity index (χ1) is 9.56. The summed E-state index contributed by atoms with van der Waals surface area (Å²) >= 11 is 0. The number of aromatic carboxylic acids is 1. The van der Waals surface area contributed by atoms with E-state index in [-0.39, 0.29) is 17.9 Å². The van der Waals surface area contributed by atoms with E-state index in [4.69, 9.17) is 14.4 Å². The molecule has 0 saturated carbocycles. The fourth-order valence-corrected chi connectivity index (χ4v) is 1.71. The van der Waals surface area contributed by atoms with E-state index < -0.39 is 5.97 Å². The highest BCUT2D eigenvalue weighted by atomic mass is 16.5. The second-order valence-electron chi connectivity index (χ2n) is 4.79. The van der Waals surface area contributed by atoms with Gasteiger partial charge in [0.2, 0.25) is 0 Å². The monoisotopic (exact) mass is 276 g/mol. The summed E-state index contributed by atoms with van der Waals surface area (Å²) in [4.78, 5) is 15.2. The van der Waals surface area contributed by atoms with Gasteiger partial charge >= 0.3 is 5.97 Å². The fourth-order valence-electron chi connectivity index (χ4n) is 1.71. The molecule has 0 amide bonds. The van der Waals surface area contributed by atoms with Crippen LogP contribution in [-0.4, -0.2) is 21.2 Å². The minimum atomic E-state index is -1.04. The van der Waals surface area contributed by atoms with E-state index in [9.17, 15) is 4.79 Å². The van der Waals surface area contributed by atoms with Crippen LogP contribution in [0.2, 0.25) is 0 Å². The number of ether oxygens (including phenoxy) is 1. The highest BCUT2D eigenvalue weighted by Gasteiger charge is 2.12. The molecule has 6 heteroatoms. The summed E-state index contributed by atoms with van der Waals surface area (Å²) in [6.45, 7) is 4.18. The number of rotatable bonds is 6. The number of carboxylic acid groups (broad SMARTS) is 1. The Hall–Kier alpha value is -2.37. The summed E-state index contributed by atoms with van der Waals surface area (Å²) in [6, 6.07) is 6.42. The van der Waals surface area contributed by atoms with Crippen LogP contribution in [0.1, 0.15) is 35.9 Å². The second kappa shape index (κ2) is 6.18. The van der Waals surface area contributed by atoms with E-state index >= 15 is 0 Å². The van der Waals surface area contributed by atoms with Crippen LogP contribution in [0.15, 0.2) is 28.8 Å². The van der Waals surface area contributed by atoms with Gasteiger partial charge in [-0.25, -0.2) is 4.79 Å². The first kappa shape index (κ1) is 14.0. The quantitative estimate of drug-likeness (QED) is 0.872. The van der Waals surface area contributed by atoms with Gasteiger partial charge in [0.15, 0.2) is 12.4 Å². The molecule has 2 aromatic rings. The maximum Gasteiger partial charge on any atom is 0.339 e. The van der Waals surface area contributed by atoms with E-state index in [1.807, 2.05) is 0 Å². The number of hydrogen-bond donors (Lipinski definition) is 1. The van der Waals surface area contributed by atoms with E-state index in [1.54, 1.807) is 18.2 Å². The summed E-state index contributed by atoms with van der Waals surface area (Å²) in [5.74, 6) is 0.648. The van der Waals surface area contributed by atoms with Gasteiger partial charge in [-0.05, 0) is 18.1 Å². The second-order valence-corrected chi connectivity index (χ2v) is 4.79. The third kappa shape index (κ3) is 3.57. The van der Waals surface area contributed by atoms with Crippen molar-refractivity contribution in [1.82, 2.24) is 10.1 Å². The molecular weight excluding hydrogens is 260 g/mol. The molecule has 0 saturated heterocycles. The predicted octanol–water partition coefficient (Wildman–Crippen LogP) is 2.55. The zero-order valence-corrected chi connectivity index (χ0v) is 11.4. The third-order valence-electron chi connectivity index (χ3n) is 2.57. The van der Waals surface area contributed by atoms with Crippen LogP contribution < -0.4 is 4.74 Å². The van der Waals surface area contributed by atoms with Crippen LogP contribution in [-0.2, 0) is 13.0 Å². The Kier molecular flexibility index (Phi) is 4.34. The molecule has 0 radical (unpaired) electrons. The number of aromatic nitrogens is 2. The number of para-hydroxylation sites is 1. The van der Waals surface area contributed by atoms with E-state index in [2.05, 4.69) is 24.0 Å². The molecule has 1 N–H and O–H groups in total. The molecule has 0 fully saturated rings. The molecule has 1 heterocycles. The molecule has 0 bridgehead atoms. The third-order valence-corrected chi connectivity index (χ3v) is 2.57. The van der Waals surface area contributed by atoms with Crippen molar-refractivity contribution in [3.63, 3.8) is 0 Å². The first-order valence-electron chi connectivity index (χ1n) is 6.33. The van der Waals surface area contributed by atoms with Gasteiger partial charge in [0, 0.05) is 6.42 Å². The van der Waals surface area contributed by atoms with Gasteiger partial charge in [0.05, 0.1) is 0 Å². The maximum atomic E-state index is 11.0. The minimum absolute atomic E-state index is 0.0510. The molecule has 0 atom stereocenters. The predicted molar refractivity (Wildman–Crippen MR) is 70.6 cm³/mol. The lowest BCUT2D eigenvalue weighted by molar-refractivity contribution is 0.0691. The Labute approximate surface area is 116 Å². The summed E-state index contributed by atoms with van der Waals surface area (Å²) in [6.07, 6.45) is 0.731. The van der Waals surface area contributed by atoms with Gasteiger partial charge in [0.1, 0.15) is 11.3 Å². The van der Waals surface area contributed by atoms with Crippen LogP contribution in [0.25, 0.3) is 0 Å². The Morgan fingerprint density at radius 3 is 2.85 bits per heavy atom. The summed E-state index contributed by atoms with van der Waals surface area (Å²) in [7, 11) is 0. The topological polar surface area (TPSA) is 85.5 Å². The lowest BCUT2D eigenvalue weighted by atomic mass is 10.1. The fraction of sp³-hybridized carbons (Fsp3) is 0.357. The van der Waals surface area contributed by atoms with Crippen molar-refractivity contribution in [3.8, 4) is 5.75 Å². The van der Waals surface area contributed by atoms with Gasteiger partial charge in [-0.3, -0.25) is 0 Å². The van der Waals surface area contributed by atoms with Crippen molar-refractivity contribution >= 4 is 5.97 Å². The van der Waals surface area contributed by atoms with Gasteiger partial charge in [-0.2, -0.15) is 4.98 Å². The summed E-state index contributed by atoms with van der Waals surface area (Å²) < 4.78 is 10.5. The molecule has 0 aliphatic heterocycles. The van der Waals surface area contributed by atoms with Crippen molar-refractivity contribution in [3.05, 3.63) is 41.5 Å². The number of hydrogen-bond acceptors (Lipinski definition) is 5. The first-order valence-corrected chi connectivity index (χ1v) is 6.33.